The molecule has 0 aliphatic heterocycles. The lowest BCUT2D eigenvalue weighted by molar-refractivity contribution is 0.227. The summed E-state index contributed by atoms with van der Waals surface area (Å²) in [5.41, 5.74) is 1.23. The van der Waals surface area contributed by atoms with Crippen molar-refractivity contribution in [2.75, 3.05) is 0 Å². The highest BCUT2D eigenvalue weighted by Crippen LogP contribution is 2.31. The maximum atomic E-state index is 5.85. The Morgan fingerprint density at radius 2 is 1.41 bits per heavy atom. The van der Waals surface area contributed by atoms with E-state index in [1.54, 1.807) is 0 Å². The van der Waals surface area contributed by atoms with Crippen molar-refractivity contribution in [1.29, 1.82) is 0 Å². The Hall–Kier alpha value is -1.18. The normalized spacial score (nSPS) is 11.4. The zero-order valence-corrected chi connectivity index (χ0v) is 11.8. The van der Waals surface area contributed by atoms with E-state index in [0.29, 0.717) is 5.92 Å². The lowest BCUT2D eigenvalue weighted by atomic mass is 10.0. The molecule has 0 amide bonds. The van der Waals surface area contributed by atoms with E-state index in [1.165, 1.54) is 5.56 Å². The molecule has 1 aromatic carbocycles. The summed E-state index contributed by atoms with van der Waals surface area (Å²) in [5.74, 6) is 2.27. The van der Waals surface area contributed by atoms with E-state index >= 15 is 0 Å². The summed E-state index contributed by atoms with van der Waals surface area (Å²) >= 11 is 0. The van der Waals surface area contributed by atoms with Crippen molar-refractivity contribution in [2.45, 2.75) is 59.7 Å². The summed E-state index contributed by atoms with van der Waals surface area (Å²) < 4.78 is 11.5. The molecule has 0 bridgehead atoms. The fourth-order valence-electron chi connectivity index (χ4n) is 1.69. The number of rotatable bonds is 5. The molecule has 2 nitrogen and oxygen atoms in total. The lowest BCUT2D eigenvalue weighted by Gasteiger charge is -2.18. The summed E-state index contributed by atoms with van der Waals surface area (Å²) in [5, 5.41) is 0. The fraction of sp³-hybridized carbons (Fsp3) is 0.600. The van der Waals surface area contributed by atoms with Crippen molar-refractivity contribution >= 4 is 0 Å². The predicted molar refractivity (Wildman–Crippen MR) is 72.1 cm³/mol. The average Bonchev–Trinajstić information content (AvgIpc) is 2.15. The van der Waals surface area contributed by atoms with E-state index in [9.17, 15) is 0 Å². The van der Waals surface area contributed by atoms with Crippen LogP contribution in [0, 0.1) is 0 Å². The van der Waals surface area contributed by atoms with Crippen LogP contribution in [-0.2, 0) is 0 Å². The van der Waals surface area contributed by atoms with E-state index in [-0.39, 0.29) is 12.2 Å². The van der Waals surface area contributed by atoms with Gasteiger partial charge in [-0.05, 0) is 45.2 Å². The van der Waals surface area contributed by atoms with E-state index in [4.69, 9.17) is 9.47 Å². The van der Waals surface area contributed by atoms with Crippen LogP contribution in [0.1, 0.15) is 53.0 Å². The smallest absolute Gasteiger partial charge is 0.126 e. The molecule has 1 rings (SSSR count). The highest BCUT2D eigenvalue weighted by Gasteiger charge is 2.11. The van der Waals surface area contributed by atoms with Crippen molar-refractivity contribution in [1.82, 2.24) is 0 Å². The van der Waals surface area contributed by atoms with Crippen molar-refractivity contribution in [3.8, 4) is 11.5 Å². The number of hydrogen-bond donors (Lipinski definition) is 0. The third kappa shape index (κ3) is 4.29. The molecule has 0 unspecified atom stereocenters. The van der Waals surface area contributed by atoms with Gasteiger partial charge in [-0.2, -0.15) is 0 Å². The molecular weight excluding hydrogens is 212 g/mol. The van der Waals surface area contributed by atoms with Gasteiger partial charge in [0.15, 0.2) is 0 Å². The second kappa shape index (κ2) is 5.95. The third-order valence-corrected chi connectivity index (χ3v) is 2.34. The van der Waals surface area contributed by atoms with Crippen LogP contribution in [0.15, 0.2) is 18.2 Å². The quantitative estimate of drug-likeness (QED) is 0.755. The summed E-state index contributed by atoms with van der Waals surface area (Å²) in [6.45, 7) is 12.5. The van der Waals surface area contributed by atoms with Gasteiger partial charge in [-0.15, -0.1) is 0 Å². The van der Waals surface area contributed by atoms with E-state index in [0.717, 1.165) is 11.5 Å². The molecule has 0 aliphatic rings. The van der Waals surface area contributed by atoms with Gasteiger partial charge in [0.25, 0.3) is 0 Å². The first-order valence-corrected chi connectivity index (χ1v) is 6.37. The average molecular weight is 236 g/mol. The first-order valence-electron chi connectivity index (χ1n) is 6.37. The van der Waals surface area contributed by atoms with Crippen molar-refractivity contribution in [3.05, 3.63) is 23.8 Å². The number of ether oxygens (including phenoxy) is 2. The Kier molecular flexibility index (Phi) is 4.86. The lowest BCUT2D eigenvalue weighted by Crippen LogP contribution is -2.10. The minimum atomic E-state index is 0.182. The maximum Gasteiger partial charge on any atom is 0.126 e. The second-order valence-electron chi connectivity index (χ2n) is 5.19. The van der Waals surface area contributed by atoms with Crippen molar-refractivity contribution in [3.63, 3.8) is 0 Å². The molecule has 0 fully saturated rings. The van der Waals surface area contributed by atoms with Crippen LogP contribution in [0.5, 0.6) is 11.5 Å². The summed E-state index contributed by atoms with van der Waals surface area (Å²) in [6, 6.07) is 6.11. The zero-order valence-electron chi connectivity index (χ0n) is 11.8. The Bertz CT molecular complexity index is 354. The van der Waals surface area contributed by atoms with Gasteiger partial charge in [0, 0.05) is 6.07 Å². The van der Waals surface area contributed by atoms with E-state index < -0.39 is 0 Å². The highest BCUT2D eigenvalue weighted by atomic mass is 16.5. The molecule has 0 atom stereocenters. The molecule has 2 heteroatoms. The molecule has 0 radical (unpaired) electrons. The monoisotopic (exact) mass is 236 g/mol. The molecule has 0 aromatic heterocycles. The molecule has 0 aliphatic carbocycles. The minimum absolute atomic E-state index is 0.182. The number of hydrogen-bond acceptors (Lipinski definition) is 2. The minimum Gasteiger partial charge on any atom is -0.491 e. The standard InChI is InChI=1S/C15H24O2/c1-10(2)14-8-7-13(16-11(3)4)9-15(14)17-12(5)6/h7-12H,1-6H3. The van der Waals surface area contributed by atoms with Crippen LogP contribution in [-0.4, -0.2) is 12.2 Å². The van der Waals surface area contributed by atoms with E-state index in [1.807, 2.05) is 39.8 Å². The first kappa shape index (κ1) is 13.9. The Morgan fingerprint density at radius 3 is 1.88 bits per heavy atom. The molecule has 0 spiro atoms. The van der Waals surface area contributed by atoms with Gasteiger partial charge in [-0.3, -0.25) is 0 Å². The van der Waals surface area contributed by atoms with Crippen LogP contribution in [0.2, 0.25) is 0 Å². The predicted octanol–water partition coefficient (Wildman–Crippen LogP) is 4.38. The molecular formula is C15H24O2. The third-order valence-electron chi connectivity index (χ3n) is 2.34. The van der Waals surface area contributed by atoms with Crippen LogP contribution in [0.4, 0.5) is 0 Å². The SMILES string of the molecule is CC(C)Oc1ccc(C(C)C)c(OC(C)C)c1. The Balaban J connectivity index is 3.01. The van der Waals surface area contributed by atoms with Gasteiger partial charge < -0.3 is 9.47 Å². The van der Waals surface area contributed by atoms with Gasteiger partial charge in [0.2, 0.25) is 0 Å². The van der Waals surface area contributed by atoms with Gasteiger partial charge in [0.05, 0.1) is 12.2 Å². The molecule has 0 N–H and O–H groups in total. The van der Waals surface area contributed by atoms with E-state index in [2.05, 4.69) is 19.9 Å². The van der Waals surface area contributed by atoms with Gasteiger partial charge >= 0.3 is 0 Å². The van der Waals surface area contributed by atoms with Gasteiger partial charge in [0.1, 0.15) is 11.5 Å². The van der Waals surface area contributed by atoms with Crippen molar-refractivity contribution in [2.24, 2.45) is 0 Å². The Labute approximate surface area is 105 Å². The Morgan fingerprint density at radius 1 is 0.824 bits per heavy atom. The molecule has 0 saturated carbocycles. The summed E-state index contributed by atoms with van der Waals surface area (Å²) in [7, 11) is 0. The van der Waals surface area contributed by atoms with Crippen molar-refractivity contribution < 1.29 is 9.47 Å². The zero-order chi connectivity index (χ0) is 13.0. The molecule has 1 aromatic rings. The van der Waals surface area contributed by atoms with Crippen LogP contribution < -0.4 is 9.47 Å². The maximum absolute atomic E-state index is 5.85. The molecule has 0 saturated heterocycles. The summed E-state index contributed by atoms with van der Waals surface area (Å²) in [6.07, 6.45) is 0.369. The fourth-order valence-corrected chi connectivity index (χ4v) is 1.69. The van der Waals surface area contributed by atoms with Crippen LogP contribution in [0.3, 0.4) is 0 Å². The second-order valence-corrected chi connectivity index (χ2v) is 5.19. The molecule has 17 heavy (non-hydrogen) atoms. The van der Waals surface area contributed by atoms with Gasteiger partial charge in [-0.25, -0.2) is 0 Å². The largest absolute Gasteiger partial charge is 0.491 e. The molecule has 96 valence electrons. The van der Waals surface area contributed by atoms with Crippen LogP contribution >= 0.6 is 0 Å². The summed E-state index contributed by atoms with van der Waals surface area (Å²) in [4.78, 5) is 0. The topological polar surface area (TPSA) is 18.5 Å². The van der Waals surface area contributed by atoms with Gasteiger partial charge in [-0.1, -0.05) is 19.9 Å². The molecule has 0 heterocycles. The first-order chi connectivity index (χ1) is 7.90. The van der Waals surface area contributed by atoms with Crippen LogP contribution in [0.25, 0.3) is 0 Å². The highest BCUT2D eigenvalue weighted by molar-refractivity contribution is 5.42. The number of benzene rings is 1.